The molecule has 0 bridgehead atoms. The fourth-order valence-electron chi connectivity index (χ4n) is 3.22. The number of fused-ring (bicyclic) bond motifs is 1. The van der Waals surface area contributed by atoms with Gasteiger partial charge in [0.05, 0.1) is 12.9 Å². The maximum Gasteiger partial charge on any atom is 0.492 e. The molecule has 0 amide bonds. The molecule has 37 heteroatoms. The number of nitrogen functional groups attached to an aromatic ring is 1. The first-order chi connectivity index (χ1) is 21.0. The SMILES string of the molecule is Nc1ncnc2c1ncn2[C@@H]1O[C@H](COP(=O)(OP(=O)(O)O)OP(=O)(O)OP(=O)(O)OP(=O)(O)OP(=O)(O)OP(=O)(O)O)[C@@H](O)[C@H]1O. The number of hydrogen-bond donors (Lipinski definition) is 11. The van der Waals surface area contributed by atoms with Crippen molar-refractivity contribution >= 4 is 71.7 Å². The molecule has 2 aromatic heterocycles. The minimum absolute atomic E-state index is 0.0262. The van der Waals surface area contributed by atoms with Crippen LogP contribution in [0.25, 0.3) is 11.2 Å². The van der Waals surface area contributed by atoms with Crippen LogP contribution in [0.2, 0.25) is 0 Å². The standard InChI is InChI=1S/C10H20N5O25P7/c11-8-5-9(13-2-12-8)15(3-14-5)10-7(17)6(16)4(34-10)1-33-47(32,36-42(21,22)23)40-46(30,31)39-45(28,29)38-44(26,27)37-43(24,25)35-41(18,19)20/h2-4,6-7,10,16-17H,1H2,(H,24,25)(H,26,27)(H,28,29)(H,30,31)(H2,11,12,13)(H2,18,19,20)(H2,21,22,23)/t4-,6-,7-,10-,47?/m1/s1. The van der Waals surface area contributed by atoms with E-state index >= 15 is 0 Å². The molecule has 3 heterocycles. The summed E-state index contributed by atoms with van der Waals surface area (Å²) in [6.07, 6.45) is -5.24. The van der Waals surface area contributed by atoms with Crippen LogP contribution in [0.3, 0.4) is 0 Å². The zero-order valence-electron chi connectivity index (χ0n) is 21.8. The Morgan fingerprint density at radius 2 is 1.19 bits per heavy atom. The Balaban J connectivity index is 1.75. The van der Waals surface area contributed by atoms with Crippen molar-refractivity contribution in [3.63, 3.8) is 0 Å². The van der Waals surface area contributed by atoms with Crippen molar-refractivity contribution in [2.75, 3.05) is 12.3 Å². The van der Waals surface area contributed by atoms with E-state index in [1.807, 2.05) is 0 Å². The molecule has 270 valence electrons. The molecule has 0 saturated carbocycles. The number of rotatable bonds is 16. The lowest BCUT2D eigenvalue weighted by Crippen LogP contribution is -2.33. The van der Waals surface area contributed by atoms with E-state index in [0.29, 0.717) is 0 Å². The minimum atomic E-state index is -6.64. The summed E-state index contributed by atoms with van der Waals surface area (Å²) in [4.78, 5) is 84.2. The average molecular weight is 827 g/mol. The monoisotopic (exact) mass is 827 g/mol. The molecular weight excluding hydrogens is 807 g/mol. The quantitative estimate of drug-likeness (QED) is 0.0889. The van der Waals surface area contributed by atoms with E-state index in [2.05, 4.69) is 45.3 Å². The second-order valence-corrected chi connectivity index (χ2v) is 19.0. The molecule has 12 N–H and O–H groups in total. The third-order valence-corrected chi connectivity index (χ3v) is 15.0. The minimum Gasteiger partial charge on any atom is -0.387 e. The Morgan fingerprint density at radius 3 is 1.70 bits per heavy atom. The van der Waals surface area contributed by atoms with Crippen LogP contribution in [0, 0.1) is 0 Å². The molecule has 3 rings (SSSR count). The van der Waals surface area contributed by atoms with Crippen LogP contribution < -0.4 is 5.73 Å². The Morgan fingerprint density at radius 1 is 0.702 bits per heavy atom. The van der Waals surface area contributed by atoms with Crippen LogP contribution >= 0.6 is 54.8 Å². The highest BCUT2D eigenvalue weighted by atomic mass is 31.3. The topological polar surface area (TPSA) is 465 Å². The van der Waals surface area contributed by atoms with Gasteiger partial charge in [0.15, 0.2) is 17.7 Å². The first-order valence-corrected chi connectivity index (χ1v) is 21.4. The molecule has 1 fully saturated rings. The van der Waals surface area contributed by atoms with Crippen molar-refractivity contribution in [3.8, 4) is 0 Å². The number of aliphatic hydroxyl groups is 2. The highest BCUT2D eigenvalue weighted by Gasteiger charge is 2.52. The van der Waals surface area contributed by atoms with E-state index in [9.17, 15) is 56.8 Å². The van der Waals surface area contributed by atoms with E-state index in [-0.39, 0.29) is 17.0 Å². The van der Waals surface area contributed by atoms with Crippen LogP contribution in [0.1, 0.15) is 6.23 Å². The van der Waals surface area contributed by atoms with Gasteiger partial charge in [-0.3, -0.25) is 9.09 Å². The Bertz CT molecular complexity index is 1820. The van der Waals surface area contributed by atoms with Gasteiger partial charge < -0.3 is 59.8 Å². The summed E-state index contributed by atoms with van der Waals surface area (Å²) in [6, 6.07) is 0. The molecule has 1 saturated heterocycles. The third-order valence-electron chi connectivity index (χ3n) is 4.63. The van der Waals surface area contributed by atoms with Crippen molar-refractivity contribution in [1.29, 1.82) is 0 Å². The molecule has 0 spiro atoms. The smallest absolute Gasteiger partial charge is 0.387 e. The van der Waals surface area contributed by atoms with Gasteiger partial charge in [-0.2, -0.15) is 25.9 Å². The number of phosphoric acid groups is 7. The number of aromatic nitrogens is 4. The number of hydrogen-bond acceptors (Lipinski definition) is 21. The van der Waals surface area contributed by atoms with Gasteiger partial charge in [-0.1, -0.05) is 0 Å². The second kappa shape index (κ2) is 14.1. The van der Waals surface area contributed by atoms with Crippen LogP contribution in [0.5, 0.6) is 0 Å². The summed E-state index contributed by atoms with van der Waals surface area (Å²) in [5, 5.41) is 20.8. The molecule has 2 aromatic rings. The van der Waals surface area contributed by atoms with Gasteiger partial charge in [-0.05, 0) is 0 Å². The Hall–Kier alpha value is -0.760. The van der Waals surface area contributed by atoms with Crippen molar-refractivity contribution in [3.05, 3.63) is 12.7 Å². The number of ether oxygens (including phenoxy) is 1. The first kappa shape index (κ1) is 40.7. The highest BCUT2D eigenvalue weighted by Crippen LogP contribution is 2.76. The van der Waals surface area contributed by atoms with Gasteiger partial charge in [0.2, 0.25) is 0 Å². The number of anilines is 1. The Kier molecular flexibility index (Phi) is 12.2. The van der Waals surface area contributed by atoms with Crippen molar-refractivity contribution in [1.82, 2.24) is 19.5 Å². The Labute approximate surface area is 257 Å². The largest absolute Gasteiger partial charge is 0.492 e. The maximum atomic E-state index is 12.9. The summed E-state index contributed by atoms with van der Waals surface area (Å²) >= 11 is 0. The lowest BCUT2D eigenvalue weighted by atomic mass is 10.1. The van der Waals surface area contributed by atoms with Gasteiger partial charge in [-0.15, -0.1) is 0 Å². The van der Waals surface area contributed by atoms with Gasteiger partial charge in [0.25, 0.3) is 0 Å². The molecule has 30 nitrogen and oxygen atoms in total. The lowest BCUT2D eigenvalue weighted by molar-refractivity contribution is -0.0502. The summed E-state index contributed by atoms with van der Waals surface area (Å²) in [7, 11) is -44.3. The number of nitrogens with zero attached hydrogens (tertiary/aromatic N) is 4. The second-order valence-electron chi connectivity index (χ2n) is 8.22. The highest BCUT2D eigenvalue weighted by molar-refractivity contribution is 7.73. The van der Waals surface area contributed by atoms with E-state index in [0.717, 1.165) is 17.2 Å². The summed E-state index contributed by atoms with van der Waals surface area (Å²) < 4.78 is 114. The molecule has 0 aliphatic carbocycles. The fourth-order valence-corrected chi connectivity index (χ4v) is 12.1. The molecule has 1 aliphatic rings. The molecule has 0 radical (unpaired) electrons. The summed E-state index contributed by atoms with van der Waals surface area (Å²) in [5.41, 5.74) is 5.66. The van der Waals surface area contributed by atoms with E-state index in [1.165, 1.54) is 0 Å². The van der Waals surface area contributed by atoms with Gasteiger partial charge in [0, 0.05) is 0 Å². The number of nitrogens with two attached hydrogens (primary N) is 1. The van der Waals surface area contributed by atoms with Crippen LogP contribution in [-0.4, -0.2) is 93.8 Å². The normalized spacial score (nSPS) is 27.4. The maximum absolute atomic E-state index is 12.9. The average Bonchev–Trinajstić information content (AvgIpc) is 3.34. The molecule has 1 aliphatic heterocycles. The van der Waals surface area contributed by atoms with Crippen LogP contribution in [-0.2, 0) is 67.1 Å². The summed E-state index contributed by atoms with van der Waals surface area (Å²) in [5.74, 6) is -0.0977. The van der Waals surface area contributed by atoms with Crippen molar-refractivity contribution in [2.24, 2.45) is 0 Å². The fraction of sp³-hybridized carbons (Fsp3) is 0.500. The predicted molar refractivity (Wildman–Crippen MR) is 139 cm³/mol. The van der Waals surface area contributed by atoms with Crippen LogP contribution in [0.15, 0.2) is 12.7 Å². The molecule has 9 atom stereocenters. The van der Waals surface area contributed by atoms with E-state index < -0.39 is 85.9 Å². The summed E-state index contributed by atoms with van der Waals surface area (Å²) in [6.45, 7) is -1.39. The molecule has 47 heavy (non-hydrogen) atoms. The van der Waals surface area contributed by atoms with Crippen molar-refractivity contribution in [2.45, 2.75) is 24.5 Å². The lowest BCUT2D eigenvalue weighted by Gasteiger charge is -2.23. The number of aliphatic hydroxyl groups excluding tert-OH is 2. The van der Waals surface area contributed by atoms with Gasteiger partial charge in [0.1, 0.15) is 30.2 Å². The molecular formula is C10H20N5O25P7. The van der Waals surface area contributed by atoms with E-state index in [1.54, 1.807) is 0 Å². The molecule has 5 unspecified atom stereocenters. The third kappa shape index (κ3) is 11.9. The first-order valence-electron chi connectivity index (χ1n) is 10.9. The van der Waals surface area contributed by atoms with Gasteiger partial charge >= 0.3 is 54.8 Å². The van der Waals surface area contributed by atoms with Crippen molar-refractivity contribution < 1.29 is 116 Å². The van der Waals surface area contributed by atoms with E-state index in [4.69, 9.17) is 34.9 Å². The molecule has 0 aromatic carbocycles. The zero-order valence-corrected chi connectivity index (χ0v) is 28.0. The van der Waals surface area contributed by atoms with Gasteiger partial charge in [-0.25, -0.2) is 46.9 Å². The van der Waals surface area contributed by atoms with Crippen LogP contribution in [0.4, 0.5) is 5.82 Å². The predicted octanol–water partition coefficient (Wildman–Crippen LogP) is -1.16. The number of imidazole rings is 1. The zero-order chi connectivity index (χ0) is 36.0.